The van der Waals surface area contributed by atoms with Crippen LogP contribution in [0, 0.1) is 0 Å². The van der Waals surface area contributed by atoms with E-state index in [1.54, 1.807) is 11.8 Å². The van der Waals surface area contributed by atoms with Gasteiger partial charge < -0.3 is 10.3 Å². The summed E-state index contributed by atoms with van der Waals surface area (Å²) in [5, 5.41) is 6.71. The average Bonchev–Trinajstić information content (AvgIpc) is 2.94. The fourth-order valence-corrected chi connectivity index (χ4v) is 2.53. The van der Waals surface area contributed by atoms with Gasteiger partial charge in [0.05, 0.1) is 5.75 Å². The van der Waals surface area contributed by atoms with E-state index >= 15 is 0 Å². The normalized spacial score (nSPS) is 12.0. The van der Waals surface area contributed by atoms with Crippen LogP contribution < -0.4 is 5.73 Å². The molecule has 0 bridgehead atoms. The molecular formula is C11H16N4OS2. The predicted octanol–water partition coefficient (Wildman–Crippen LogP) is 2.68. The van der Waals surface area contributed by atoms with Crippen LogP contribution in [0.3, 0.4) is 0 Å². The van der Waals surface area contributed by atoms with E-state index in [1.807, 2.05) is 5.38 Å². The fraction of sp³-hybridized carbons (Fsp3) is 0.545. The molecule has 0 fully saturated rings. The highest BCUT2D eigenvalue weighted by Crippen LogP contribution is 2.27. The van der Waals surface area contributed by atoms with Gasteiger partial charge in [-0.1, -0.05) is 25.9 Å². The lowest BCUT2D eigenvalue weighted by molar-refractivity contribution is 0.424. The zero-order chi connectivity index (χ0) is 13.2. The van der Waals surface area contributed by atoms with Crippen LogP contribution in [0.2, 0.25) is 0 Å². The molecule has 0 saturated carbocycles. The minimum absolute atomic E-state index is 0.189. The van der Waals surface area contributed by atoms with Crippen molar-refractivity contribution in [3.05, 3.63) is 16.2 Å². The molecule has 0 radical (unpaired) electrons. The van der Waals surface area contributed by atoms with E-state index in [0.29, 0.717) is 24.0 Å². The van der Waals surface area contributed by atoms with Crippen molar-refractivity contribution in [3.8, 4) is 11.6 Å². The summed E-state index contributed by atoms with van der Waals surface area (Å²) in [6, 6.07) is 0. The first-order valence-corrected chi connectivity index (χ1v) is 7.46. The van der Waals surface area contributed by atoms with Crippen LogP contribution in [0.4, 0.5) is 0 Å². The van der Waals surface area contributed by atoms with Crippen molar-refractivity contribution < 1.29 is 4.52 Å². The van der Waals surface area contributed by atoms with Crippen LogP contribution in [0.5, 0.6) is 0 Å². The van der Waals surface area contributed by atoms with Crippen LogP contribution >= 0.6 is 23.1 Å². The zero-order valence-corrected chi connectivity index (χ0v) is 12.3. The largest absolute Gasteiger partial charge is 0.332 e. The van der Waals surface area contributed by atoms with Crippen molar-refractivity contribution in [1.29, 1.82) is 0 Å². The highest BCUT2D eigenvalue weighted by atomic mass is 32.2. The van der Waals surface area contributed by atoms with Gasteiger partial charge in [-0.15, -0.1) is 23.1 Å². The molecule has 5 nitrogen and oxygen atoms in total. The number of hydrogen-bond acceptors (Lipinski definition) is 7. The highest BCUT2D eigenvalue weighted by molar-refractivity contribution is 7.99. The summed E-state index contributed by atoms with van der Waals surface area (Å²) >= 11 is 3.28. The van der Waals surface area contributed by atoms with E-state index < -0.39 is 0 Å². The summed E-state index contributed by atoms with van der Waals surface area (Å²) in [5.41, 5.74) is 6.23. The number of nitrogens with two attached hydrogens (primary N) is 1. The Bertz CT molecular complexity index is 515. The van der Waals surface area contributed by atoms with Crippen molar-refractivity contribution in [2.75, 3.05) is 0 Å². The van der Waals surface area contributed by atoms with E-state index in [-0.39, 0.29) is 4.75 Å². The predicted molar refractivity (Wildman–Crippen MR) is 74.3 cm³/mol. The zero-order valence-electron chi connectivity index (χ0n) is 10.6. The molecule has 2 rings (SSSR count). The molecule has 0 saturated heterocycles. The first-order chi connectivity index (χ1) is 8.48. The lowest BCUT2D eigenvalue weighted by Crippen LogP contribution is -2.07. The Labute approximate surface area is 114 Å². The molecule has 0 amide bonds. The second-order valence-corrected chi connectivity index (χ2v) is 7.49. The van der Waals surface area contributed by atoms with Crippen LogP contribution in [-0.4, -0.2) is 19.9 Å². The molecule has 0 aromatic carbocycles. The van der Waals surface area contributed by atoms with Crippen LogP contribution in [0.15, 0.2) is 9.90 Å². The van der Waals surface area contributed by atoms with Gasteiger partial charge in [0.2, 0.25) is 0 Å². The lowest BCUT2D eigenvalue weighted by atomic mass is 10.3. The van der Waals surface area contributed by atoms with E-state index in [0.717, 1.165) is 10.8 Å². The smallest absolute Gasteiger partial charge is 0.277 e. The van der Waals surface area contributed by atoms with E-state index in [2.05, 4.69) is 35.9 Å². The number of nitrogens with zero attached hydrogens (tertiary/aromatic N) is 3. The summed E-state index contributed by atoms with van der Waals surface area (Å²) in [4.78, 5) is 8.65. The second-order valence-electron chi connectivity index (χ2n) is 4.75. The maximum absolute atomic E-state index is 5.52. The van der Waals surface area contributed by atoms with Gasteiger partial charge in [-0.25, -0.2) is 4.98 Å². The van der Waals surface area contributed by atoms with E-state index in [1.165, 1.54) is 11.3 Å². The molecule has 2 aromatic rings. The Kier molecular flexibility index (Phi) is 4.04. The molecule has 2 N–H and O–H groups in total. The summed E-state index contributed by atoms with van der Waals surface area (Å²) < 4.78 is 5.39. The van der Waals surface area contributed by atoms with Crippen LogP contribution in [0.25, 0.3) is 11.6 Å². The minimum Gasteiger partial charge on any atom is -0.332 e. The Morgan fingerprint density at radius 3 is 2.78 bits per heavy atom. The van der Waals surface area contributed by atoms with Gasteiger partial charge in [-0.2, -0.15) is 4.98 Å². The molecule has 0 aliphatic carbocycles. The molecule has 0 atom stereocenters. The minimum atomic E-state index is 0.189. The number of thiazole rings is 1. The molecular weight excluding hydrogens is 268 g/mol. The Morgan fingerprint density at radius 1 is 1.39 bits per heavy atom. The summed E-state index contributed by atoms with van der Waals surface area (Å²) in [7, 11) is 0. The lowest BCUT2D eigenvalue weighted by Gasteiger charge is -2.15. The Balaban J connectivity index is 2.06. The SMILES string of the molecule is CC(C)(C)SCc1noc(-c2csc(CN)n2)n1. The van der Waals surface area contributed by atoms with Gasteiger partial charge in [0.15, 0.2) is 5.82 Å². The molecule has 98 valence electrons. The van der Waals surface area contributed by atoms with Crippen LogP contribution in [0.1, 0.15) is 31.6 Å². The summed E-state index contributed by atoms with van der Waals surface area (Å²) in [6.07, 6.45) is 0. The van der Waals surface area contributed by atoms with E-state index in [9.17, 15) is 0 Å². The molecule has 18 heavy (non-hydrogen) atoms. The summed E-state index contributed by atoms with van der Waals surface area (Å²) in [6.45, 7) is 6.91. The summed E-state index contributed by atoms with van der Waals surface area (Å²) in [5.74, 6) is 1.91. The third kappa shape index (κ3) is 3.54. The topological polar surface area (TPSA) is 77.8 Å². The Hall–Kier alpha value is -0.920. The van der Waals surface area contributed by atoms with Gasteiger partial charge in [0.1, 0.15) is 10.7 Å². The van der Waals surface area contributed by atoms with Crippen molar-refractivity contribution in [2.24, 2.45) is 5.73 Å². The van der Waals surface area contributed by atoms with Crippen LogP contribution in [-0.2, 0) is 12.3 Å². The van der Waals surface area contributed by atoms with Gasteiger partial charge in [0, 0.05) is 16.7 Å². The number of hydrogen-bond donors (Lipinski definition) is 1. The molecule has 7 heteroatoms. The quantitative estimate of drug-likeness (QED) is 0.930. The monoisotopic (exact) mass is 284 g/mol. The molecule has 2 heterocycles. The fourth-order valence-electron chi connectivity index (χ4n) is 1.20. The molecule has 2 aromatic heterocycles. The van der Waals surface area contributed by atoms with Gasteiger partial charge in [0.25, 0.3) is 5.89 Å². The first-order valence-electron chi connectivity index (χ1n) is 5.59. The average molecular weight is 284 g/mol. The van der Waals surface area contributed by atoms with E-state index in [4.69, 9.17) is 10.3 Å². The highest BCUT2D eigenvalue weighted by Gasteiger charge is 2.15. The maximum Gasteiger partial charge on any atom is 0.277 e. The third-order valence-electron chi connectivity index (χ3n) is 2.05. The van der Waals surface area contributed by atoms with Gasteiger partial charge in [-0.3, -0.25) is 0 Å². The standard InChI is InChI=1S/C11H16N4OS2/c1-11(2,3)18-6-8-14-10(16-15-8)7-5-17-9(4-12)13-7/h5H,4,6,12H2,1-3H3. The van der Waals surface area contributed by atoms with Crippen molar-refractivity contribution in [2.45, 2.75) is 37.8 Å². The third-order valence-corrected chi connectivity index (χ3v) is 4.19. The van der Waals surface area contributed by atoms with Crippen molar-refractivity contribution in [3.63, 3.8) is 0 Å². The number of aromatic nitrogens is 3. The first kappa shape index (κ1) is 13.5. The van der Waals surface area contributed by atoms with Crippen molar-refractivity contribution >= 4 is 23.1 Å². The number of thioether (sulfide) groups is 1. The maximum atomic E-state index is 5.52. The molecule has 0 unspecified atom stereocenters. The van der Waals surface area contributed by atoms with Crippen molar-refractivity contribution in [1.82, 2.24) is 15.1 Å². The second kappa shape index (κ2) is 5.38. The molecule has 0 aliphatic heterocycles. The van der Waals surface area contributed by atoms with Gasteiger partial charge >= 0.3 is 0 Å². The van der Waals surface area contributed by atoms with Gasteiger partial charge in [-0.05, 0) is 0 Å². The number of rotatable bonds is 4. The molecule has 0 spiro atoms. The Morgan fingerprint density at radius 2 is 2.17 bits per heavy atom. The molecule has 0 aliphatic rings.